The van der Waals surface area contributed by atoms with E-state index in [0.29, 0.717) is 17.0 Å². The summed E-state index contributed by atoms with van der Waals surface area (Å²) in [5, 5.41) is 0. The van der Waals surface area contributed by atoms with Crippen molar-refractivity contribution < 1.29 is 9.53 Å². The van der Waals surface area contributed by atoms with Gasteiger partial charge in [0.05, 0.1) is 10.2 Å². The van der Waals surface area contributed by atoms with Crippen LogP contribution in [0.5, 0.6) is 5.75 Å². The van der Waals surface area contributed by atoms with Gasteiger partial charge < -0.3 is 9.30 Å². The number of aromatic nitrogens is 1. The van der Waals surface area contributed by atoms with Crippen LogP contribution in [-0.2, 0) is 13.7 Å². The Bertz CT molecular complexity index is 1140. The lowest BCUT2D eigenvalue weighted by Crippen LogP contribution is -2.13. The zero-order chi connectivity index (χ0) is 18.6. The van der Waals surface area contributed by atoms with Gasteiger partial charge in [0.2, 0.25) is 0 Å². The number of rotatable bonds is 4. The largest absolute Gasteiger partial charge is 0.489 e. The Kier molecular flexibility index (Phi) is 4.85. The molecule has 0 radical (unpaired) electrons. The van der Waals surface area contributed by atoms with E-state index in [1.165, 1.54) is 11.3 Å². The van der Waals surface area contributed by atoms with E-state index in [4.69, 9.17) is 4.74 Å². The van der Waals surface area contributed by atoms with E-state index in [1.807, 2.05) is 78.3 Å². The fourth-order valence-electron chi connectivity index (χ4n) is 2.77. The lowest BCUT2D eigenvalue weighted by Gasteiger charge is -2.06. The molecule has 1 aromatic heterocycles. The van der Waals surface area contributed by atoms with Gasteiger partial charge in [-0.3, -0.25) is 4.79 Å². The summed E-state index contributed by atoms with van der Waals surface area (Å²) in [6.45, 7) is 0.459. The molecule has 0 aliphatic heterocycles. The van der Waals surface area contributed by atoms with E-state index >= 15 is 0 Å². The van der Waals surface area contributed by atoms with Gasteiger partial charge in [0.25, 0.3) is 5.91 Å². The maximum atomic E-state index is 12.5. The maximum Gasteiger partial charge on any atom is 0.279 e. The molecular weight excluding hydrogens is 356 g/mol. The number of benzene rings is 3. The Hall–Kier alpha value is -3.18. The minimum Gasteiger partial charge on any atom is -0.489 e. The first-order chi connectivity index (χ1) is 13.2. The van der Waals surface area contributed by atoms with E-state index in [9.17, 15) is 4.79 Å². The fourth-order valence-corrected chi connectivity index (χ4v) is 3.78. The molecule has 5 heteroatoms. The van der Waals surface area contributed by atoms with Crippen LogP contribution in [0.2, 0.25) is 0 Å². The van der Waals surface area contributed by atoms with Gasteiger partial charge in [0, 0.05) is 12.6 Å². The van der Waals surface area contributed by atoms with E-state index in [-0.39, 0.29) is 5.91 Å². The second kappa shape index (κ2) is 7.60. The number of ether oxygens (including phenoxy) is 1. The van der Waals surface area contributed by atoms with Gasteiger partial charge in [-0.15, -0.1) is 0 Å². The van der Waals surface area contributed by atoms with Gasteiger partial charge in [0.15, 0.2) is 4.80 Å². The highest BCUT2D eigenvalue weighted by molar-refractivity contribution is 7.16. The Labute approximate surface area is 161 Å². The summed E-state index contributed by atoms with van der Waals surface area (Å²) in [6, 6.07) is 25.1. The van der Waals surface area contributed by atoms with Crippen molar-refractivity contribution in [3.05, 3.63) is 94.8 Å². The van der Waals surface area contributed by atoms with Crippen LogP contribution in [0.25, 0.3) is 10.2 Å². The van der Waals surface area contributed by atoms with Crippen LogP contribution < -0.4 is 9.54 Å². The number of fused-ring (bicyclic) bond motifs is 1. The molecule has 0 aliphatic carbocycles. The van der Waals surface area contributed by atoms with Crippen molar-refractivity contribution in [1.29, 1.82) is 0 Å². The summed E-state index contributed by atoms with van der Waals surface area (Å²) in [6.07, 6.45) is 0. The summed E-state index contributed by atoms with van der Waals surface area (Å²) in [7, 11) is 1.93. The molecule has 0 aliphatic rings. The molecule has 0 N–H and O–H groups in total. The number of carbonyl (C=O) groups excluding carboxylic acids is 1. The Morgan fingerprint density at radius 1 is 0.963 bits per heavy atom. The van der Waals surface area contributed by atoms with Gasteiger partial charge in [-0.25, -0.2) is 0 Å². The van der Waals surface area contributed by atoms with Crippen LogP contribution in [0, 0.1) is 0 Å². The van der Waals surface area contributed by atoms with Crippen molar-refractivity contribution in [1.82, 2.24) is 4.57 Å². The van der Waals surface area contributed by atoms with Crippen LogP contribution in [0.4, 0.5) is 0 Å². The normalized spacial score (nSPS) is 11.7. The molecule has 4 rings (SSSR count). The summed E-state index contributed by atoms with van der Waals surface area (Å²) in [5.41, 5.74) is 2.64. The number of nitrogens with zero attached hydrogens (tertiary/aromatic N) is 2. The molecule has 1 amide bonds. The molecule has 134 valence electrons. The molecule has 3 aromatic carbocycles. The highest BCUT2D eigenvalue weighted by Crippen LogP contribution is 2.16. The third kappa shape index (κ3) is 3.83. The molecule has 0 atom stereocenters. The van der Waals surface area contributed by atoms with Crippen molar-refractivity contribution in [2.24, 2.45) is 12.0 Å². The van der Waals surface area contributed by atoms with Gasteiger partial charge in [-0.05, 0) is 42.0 Å². The Morgan fingerprint density at radius 2 is 1.67 bits per heavy atom. The second-order valence-electron chi connectivity index (χ2n) is 6.13. The molecular formula is C22H18N2O2S. The summed E-state index contributed by atoms with van der Waals surface area (Å²) >= 11 is 1.51. The smallest absolute Gasteiger partial charge is 0.279 e. The highest BCUT2D eigenvalue weighted by atomic mass is 32.1. The number of hydrogen-bond acceptors (Lipinski definition) is 3. The highest BCUT2D eigenvalue weighted by Gasteiger charge is 2.07. The van der Waals surface area contributed by atoms with Gasteiger partial charge in [0.1, 0.15) is 12.4 Å². The summed E-state index contributed by atoms with van der Waals surface area (Å²) in [5.74, 6) is 0.581. The van der Waals surface area contributed by atoms with Crippen molar-refractivity contribution in [2.75, 3.05) is 0 Å². The Balaban J connectivity index is 1.51. The predicted octanol–water partition coefficient (Wildman–Crippen LogP) is 4.56. The van der Waals surface area contributed by atoms with Crippen LogP contribution in [0.1, 0.15) is 15.9 Å². The van der Waals surface area contributed by atoms with Crippen molar-refractivity contribution in [3.8, 4) is 5.75 Å². The second-order valence-corrected chi connectivity index (χ2v) is 7.14. The average molecular weight is 374 g/mol. The number of hydrogen-bond donors (Lipinski definition) is 0. The molecule has 4 nitrogen and oxygen atoms in total. The third-order valence-electron chi connectivity index (χ3n) is 4.26. The van der Waals surface area contributed by atoms with E-state index in [0.717, 1.165) is 21.5 Å². The summed E-state index contributed by atoms with van der Waals surface area (Å²) in [4.78, 5) is 17.5. The van der Waals surface area contributed by atoms with Crippen molar-refractivity contribution in [3.63, 3.8) is 0 Å². The first-order valence-electron chi connectivity index (χ1n) is 8.61. The number of para-hydroxylation sites is 2. The zero-order valence-electron chi connectivity index (χ0n) is 14.8. The fraction of sp³-hybridized carbons (Fsp3) is 0.0909. The average Bonchev–Trinajstić information content (AvgIpc) is 3.03. The first kappa shape index (κ1) is 17.2. The molecule has 0 saturated heterocycles. The van der Waals surface area contributed by atoms with E-state index < -0.39 is 0 Å². The monoisotopic (exact) mass is 374 g/mol. The van der Waals surface area contributed by atoms with Crippen LogP contribution >= 0.6 is 11.3 Å². The minimum absolute atomic E-state index is 0.243. The molecule has 0 unspecified atom stereocenters. The maximum absolute atomic E-state index is 12.5. The molecule has 0 spiro atoms. The number of amides is 1. The van der Waals surface area contributed by atoms with Crippen LogP contribution in [0.3, 0.4) is 0 Å². The first-order valence-corrected chi connectivity index (χ1v) is 9.43. The molecule has 4 aromatic rings. The number of carbonyl (C=O) groups is 1. The summed E-state index contributed by atoms with van der Waals surface area (Å²) < 4.78 is 8.78. The van der Waals surface area contributed by atoms with Gasteiger partial charge in [-0.2, -0.15) is 4.99 Å². The quantitative estimate of drug-likeness (QED) is 0.526. The third-order valence-corrected chi connectivity index (χ3v) is 5.37. The SMILES string of the molecule is Cn1c(=NC(=O)c2ccc(COc3ccccc3)cc2)sc2ccccc21. The lowest BCUT2D eigenvalue weighted by atomic mass is 10.1. The minimum atomic E-state index is -0.243. The Morgan fingerprint density at radius 3 is 2.41 bits per heavy atom. The van der Waals surface area contributed by atoms with Crippen LogP contribution in [-0.4, -0.2) is 10.5 Å². The molecule has 0 bridgehead atoms. The number of aryl methyl sites for hydroxylation is 1. The molecule has 27 heavy (non-hydrogen) atoms. The zero-order valence-corrected chi connectivity index (χ0v) is 15.6. The predicted molar refractivity (Wildman–Crippen MR) is 108 cm³/mol. The van der Waals surface area contributed by atoms with Crippen LogP contribution in [0.15, 0.2) is 83.9 Å². The topological polar surface area (TPSA) is 43.6 Å². The van der Waals surface area contributed by atoms with E-state index in [2.05, 4.69) is 4.99 Å². The molecule has 0 saturated carbocycles. The lowest BCUT2D eigenvalue weighted by molar-refractivity contribution is 0.0998. The van der Waals surface area contributed by atoms with Crippen molar-refractivity contribution in [2.45, 2.75) is 6.61 Å². The molecule has 0 fully saturated rings. The van der Waals surface area contributed by atoms with Crippen molar-refractivity contribution >= 4 is 27.5 Å². The number of thiazole rings is 1. The standard InChI is InChI=1S/C22H18N2O2S/c1-24-19-9-5-6-10-20(19)27-22(24)23-21(25)17-13-11-16(12-14-17)15-26-18-7-3-2-4-8-18/h2-14H,15H2,1H3. The van der Waals surface area contributed by atoms with Gasteiger partial charge in [-0.1, -0.05) is 53.8 Å². The van der Waals surface area contributed by atoms with E-state index in [1.54, 1.807) is 12.1 Å². The molecule has 1 heterocycles. The van der Waals surface area contributed by atoms with Gasteiger partial charge >= 0.3 is 0 Å².